The minimum absolute atomic E-state index is 0.191. The third kappa shape index (κ3) is 10.1. The molecule has 0 amide bonds. The first-order valence-electron chi connectivity index (χ1n) is 4.44. The van der Waals surface area contributed by atoms with Crippen LogP contribution in [0.3, 0.4) is 0 Å². The van der Waals surface area contributed by atoms with E-state index in [0.29, 0.717) is 0 Å². The molecule has 0 saturated carbocycles. The summed E-state index contributed by atoms with van der Waals surface area (Å²) >= 11 is 0. The minimum Gasteiger partial charge on any atom is -0.271 e. The summed E-state index contributed by atoms with van der Waals surface area (Å²) in [6, 6.07) is 0.191. The Hall–Kier alpha value is 0.0769. The highest BCUT2D eigenvalue weighted by atomic mass is 28.4. The first-order valence-corrected chi connectivity index (χ1v) is 6.90. The van der Waals surface area contributed by atoms with Crippen LogP contribution in [-0.4, -0.2) is 8.74 Å². The third-order valence-electron chi connectivity index (χ3n) is 1.72. The molecule has 0 N–H and O–H groups in total. The lowest BCUT2D eigenvalue weighted by molar-refractivity contribution is 0.578. The first kappa shape index (κ1) is 11.1. The Morgan fingerprint density at radius 2 is 1.55 bits per heavy atom. The summed E-state index contributed by atoms with van der Waals surface area (Å²) in [5, 5.41) is 0. The smallest absolute Gasteiger partial charge is 0.271 e. The van der Waals surface area contributed by atoms with Crippen molar-refractivity contribution >= 4 is 8.74 Å². The monoisotopic (exact) mass is 180 g/mol. The third-order valence-corrected chi connectivity index (χ3v) is 2.95. The second-order valence-electron chi connectivity index (χ2n) is 3.23. The van der Waals surface area contributed by atoms with Gasteiger partial charge in [0.2, 0.25) is 0 Å². The molecule has 68 valence electrons. The van der Waals surface area contributed by atoms with Gasteiger partial charge in [0.1, 0.15) is 0 Å². The molecule has 0 aliphatic carbocycles. The van der Waals surface area contributed by atoms with E-state index in [0.717, 1.165) is 25.8 Å². The lowest BCUT2D eigenvalue weighted by atomic mass is 10.2. The zero-order valence-corrected chi connectivity index (χ0v) is 8.50. The summed E-state index contributed by atoms with van der Waals surface area (Å²) in [5.41, 5.74) is 0. The maximum Gasteiger partial charge on any atom is 0.422 e. The van der Waals surface area contributed by atoms with E-state index in [-0.39, 0.29) is 6.04 Å². The van der Waals surface area contributed by atoms with Crippen LogP contribution >= 0.6 is 0 Å². The zero-order valence-electron chi connectivity index (χ0n) is 7.50. The van der Waals surface area contributed by atoms with Gasteiger partial charge >= 0.3 is 8.74 Å². The molecule has 0 rings (SSSR count). The quantitative estimate of drug-likeness (QED) is 0.329. The van der Waals surface area contributed by atoms with Crippen LogP contribution in [0.2, 0.25) is 12.6 Å². The van der Waals surface area contributed by atoms with E-state index in [1.165, 1.54) is 12.8 Å². The molecule has 3 heteroatoms. The average Bonchev–Trinajstić information content (AvgIpc) is 1.85. The molecule has 0 aromatic carbocycles. The molecule has 0 radical (unpaired) electrons. The summed E-state index contributed by atoms with van der Waals surface area (Å²) in [5.74, 6) is 0. The van der Waals surface area contributed by atoms with E-state index in [1.807, 2.05) is 0 Å². The van der Waals surface area contributed by atoms with Crippen molar-refractivity contribution in [2.75, 3.05) is 0 Å². The van der Waals surface area contributed by atoms with Gasteiger partial charge in [0.05, 0.1) is 0 Å². The molecule has 0 fully saturated rings. The predicted octanol–water partition coefficient (Wildman–Crippen LogP) is 3.97. The van der Waals surface area contributed by atoms with Crippen LogP contribution in [0.15, 0.2) is 0 Å². The molecule has 0 unspecified atom stereocenters. The summed E-state index contributed by atoms with van der Waals surface area (Å²) in [7, 11) is -3.72. The molecule has 0 atom stereocenters. The Kier molecular flexibility index (Phi) is 5.73. The Labute approximate surface area is 69.4 Å². The van der Waals surface area contributed by atoms with Crippen LogP contribution in [0.25, 0.3) is 0 Å². The molecule has 0 nitrogen and oxygen atoms in total. The van der Waals surface area contributed by atoms with Gasteiger partial charge in [-0.25, -0.2) is 0 Å². The fourth-order valence-corrected chi connectivity index (χ4v) is 1.91. The number of hydrogen-bond acceptors (Lipinski definition) is 0. The SMILES string of the molecule is CCCCCCC[Si](C)(F)F. The number of rotatable bonds is 6. The lowest BCUT2D eigenvalue weighted by Gasteiger charge is -2.05. The van der Waals surface area contributed by atoms with Crippen molar-refractivity contribution in [1.29, 1.82) is 0 Å². The maximum atomic E-state index is 12.4. The van der Waals surface area contributed by atoms with Crippen molar-refractivity contribution in [3.8, 4) is 0 Å². The maximum absolute atomic E-state index is 12.4. The summed E-state index contributed by atoms with van der Waals surface area (Å²) < 4.78 is 24.7. The molecule has 0 aliphatic rings. The normalized spacial score (nSPS) is 12.0. The largest absolute Gasteiger partial charge is 0.422 e. The van der Waals surface area contributed by atoms with E-state index in [9.17, 15) is 8.22 Å². The van der Waals surface area contributed by atoms with Crippen LogP contribution in [-0.2, 0) is 0 Å². The van der Waals surface area contributed by atoms with Crippen LogP contribution in [0, 0.1) is 0 Å². The van der Waals surface area contributed by atoms with Crippen LogP contribution in [0.5, 0.6) is 0 Å². The number of hydrogen-bond donors (Lipinski definition) is 0. The van der Waals surface area contributed by atoms with E-state index in [1.54, 1.807) is 0 Å². The molecule has 11 heavy (non-hydrogen) atoms. The number of unbranched alkanes of at least 4 members (excludes halogenated alkanes) is 4. The van der Waals surface area contributed by atoms with Crippen molar-refractivity contribution in [1.82, 2.24) is 0 Å². The van der Waals surface area contributed by atoms with Gasteiger partial charge in [-0.2, -0.15) is 0 Å². The molecule has 0 spiro atoms. The Morgan fingerprint density at radius 1 is 1.00 bits per heavy atom. The Morgan fingerprint density at radius 3 is 2.00 bits per heavy atom. The van der Waals surface area contributed by atoms with Gasteiger partial charge in [-0.15, -0.1) is 0 Å². The fraction of sp³-hybridized carbons (Fsp3) is 1.00. The molecule has 0 bridgehead atoms. The van der Waals surface area contributed by atoms with Gasteiger partial charge in [-0.1, -0.05) is 39.0 Å². The summed E-state index contributed by atoms with van der Waals surface area (Å²) in [4.78, 5) is 0. The molecule has 0 aromatic rings. The molecule has 0 heterocycles. The summed E-state index contributed by atoms with van der Waals surface area (Å²) in [6.07, 6.45) is 5.22. The van der Waals surface area contributed by atoms with Crippen molar-refractivity contribution in [3.63, 3.8) is 0 Å². The molecule has 0 saturated heterocycles. The fourth-order valence-electron chi connectivity index (χ4n) is 1.04. The second-order valence-corrected chi connectivity index (χ2v) is 5.87. The highest BCUT2D eigenvalue weighted by Crippen LogP contribution is 2.17. The van der Waals surface area contributed by atoms with Crippen molar-refractivity contribution in [3.05, 3.63) is 0 Å². The lowest BCUT2D eigenvalue weighted by Crippen LogP contribution is -2.15. The topological polar surface area (TPSA) is 0 Å². The van der Waals surface area contributed by atoms with Gasteiger partial charge in [-0.05, 0) is 12.6 Å². The van der Waals surface area contributed by atoms with E-state index in [4.69, 9.17) is 0 Å². The van der Waals surface area contributed by atoms with Crippen LogP contribution < -0.4 is 0 Å². The highest BCUT2D eigenvalue weighted by molar-refractivity contribution is 6.64. The van der Waals surface area contributed by atoms with Crippen molar-refractivity contribution < 1.29 is 8.22 Å². The standard InChI is InChI=1S/C8H18F2Si/c1-3-4-5-6-7-8-11(2,9)10/h3-8H2,1-2H3. The first-order chi connectivity index (χ1) is 5.06. The Bertz CT molecular complexity index is 88.6. The van der Waals surface area contributed by atoms with Crippen LogP contribution in [0.1, 0.15) is 39.0 Å². The number of halogens is 2. The molecule has 0 aromatic heterocycles. The van der Waals surface area contributed by atoms with Gasteiger partial charge in [0.25, 0.3) is 0 Å². The predicted molar refractivity (Wildman–Crippen MR) is 47.4 cm³/mol. The van der Waals surface area contributed by atoms with Crippen molar-refractivity contribution in [2.45, 2.75) is 51.6 Å². The van der Waals surface area contributed by atoms with E-state index >= 15 is 0 Å². The zero-order chi connectivity index (χ0) is 8.74. The van der Waals surface area contributed by atoms with Gasteiger partial charge in [-0.3, -0.25) is 8.22 Å². The van der Waals surface area contributed by atoms with E-state index in [2.05, 4.69) is 6.92 Å². The van der Waals surface area contributed by atoms with Crippen LogP contribution in [0.4, 0.5) is 8.22 Å². The molecule has 0 aliphatic heterocycles. The molecular weight excluding hydrogens is 162 g/mol. The Balaban J connectivity index is 3.02. The van der Waals surface area contributed by atoms with Gasteiger partial charge in [0, 0.05) is 0 Å². The second kappa shape index (κ2) is 5.69. The van der Waals surface area contributed by atoms with E-state index < -0.39 is 8.74 Å². The van der Waals surface area contributed by atoms with Gasteiger partial charge < -0.3 is 0 Å². The highest BCUT2D eigenvalue weighted by Gasteiger charge is 2.26. The molecular formula is C8H18F2Si. The van der Waals surface area contributed by atoms with Gasteiger partial charge in [0.15, 0.2) is 0 Å². The van der Waals surface area contributed by atoms with Crippen molar-refractivity contribution in [2.24, 2.45) is 0 Å². The summed E-state index contributed by atoms with van der Waals surface area (Å²) in [6.45, 7) is 3.26. The minimum atomic E-state index is -3.72. The average molecular weight is 180 g/mol.